The second-order valence-corrected chi connectivity index (χ2v) is 9.72. The highest BCUT2D eigenvalue weighted by Gasteiger charge is 2.20. The van der Waals surface area contributed by atoms with Crippen molar-refractivity contribution in [1.29, 1.82) is 0 Å². The van der Waals surface area contributed by atoms with Gasteiger partial charge in [0.05, 0.1) is 0 Å². The van der Waals surface area contributed by atoms with E-state index in [0.29, 0.717) is 28.6 Å². The van der Waals surface area contributed by atoms with Gasteiger partial charge in [-0.3, -0.25) is 10.2 Å². The zero-order valence-corrected chi connectivity index (χ0v) is 18.6. The number of hydrogen-bond acceptors (Lipinski definition) is 5. The first kappa shape index (κ1) is 21.4. The summed E-state index contributed by atoms with van der Waals surface area (Å²) in [4.78, 5) is 23.4. The molecule has 29 heavy (non-hydrogen) atoms. The summed E-state index contributed by atoms with van der Waals surface area (Å²) in [6, 6.07) is 9.49. The van der Waals surface area contributed by atoms with Gasteiger partial charge in [-0.2, -0.15) is 0 Å². The summed E-state index contributed by atoms with van der Waals surface area (Å²) < 4.78 is 0. The lowest BCUT2D eigenvalue weighted by molar-refractivity contribution is 0.257. The summed E-state index contributed by atoms with van der Waals surface area (Å²) in [6.07, 6.45) is 4.86. The molecule has 1 saturated carbocycles. The Balaban J connectivity index is 1.72. The Morgan fingerprint density at radius 3 is 2.45 bits per heavy atom. The van der Waals surface area contributed by atoms with Gasteiger partial charge in [-0.05, 0) is 42.9 Å². The molecule has 0 unspecified atom stereocenters. The van der Waals surface area contributed by atoms with E-state index in [9.17, 15) is 4.79 Å². The maximum Gasteiger partial charge on any atom is 0.327 e. The fourth-order valence-corrected chi connectivity index (χ4v) is 4.65. The molecular formula is C22H31N5OS. The van der Waals surface area contributed by atoms with Crippen LogP contribution in [0.3, 0.4) is 0 Å². The minimum atomic E-state index is -0.231. The molecule has 0 aliphatic heterocycles. The van der Waals surface area contributed by atoms with Crippen LogP contribution in [0.2, 0.25) is 0 Å². The molecule has 0 atom stereocenters. The molecule has 1 fully saturated rings. The number of urea groups is 1. The number of carbonyl (C=O) groups is 1. The van der Waals surface area contributed by atoms with Gasteiger partial charge in [0.15, 0.2) is 5.16 Å². The van der Waals surface area contributed by atoms with E-state index in [2.05, 4.69) is 48.2 Å². The molecule has 1 aliphatic rings. The topological polar surface area (TPSA) is 84.1 Å². The largest absolute Gasteiger partial charge is 0.383 e. The first-order chi connectivity index (χ1) is 13.8. The van der Waals surface area contributed by atoms with Crippen LogP contribution in [0.1, 0.15) is 58.9 Å². The molecule has 1 aromatic heterocycles. The molecule has 1 aromatic carbocycles. The van der Waals surface area contributed by atoms with Crippen LogP contribution in [0, 0.1) is 0 Å². The minimum Gasteiger partial charge on any atom is -0.383 e. The second kappa shape index (κ2) is 9.03. The minimum absolute atomic E-state index is 0.0731. The van der Waals surface area contributed by atoms with Crippen molar-refractivity contribution in [3.05, 3.63) is 35.9 Å². The highest BCUT2D eigenvalue weighted by Crippen LogP contribution is 2.33. The summed E-state index contributed by atoms with van der Waals surface area (Å²) in [5.41, 5.74) is 8.11. The van der Waals surface area contributed by atoms with Crippen molar-refractivity contribution in [2.45, 2.75) is 69.2 Å². The third kappa shape index (κ3) is 5.63. The number of carbonyl (C=O) groups excluding carboxylic acids is 1. The molecule has 1 heterocycles. The summed E-state index contributed by atoms with van der Waals surface area (Å²) >= 11 is 1.65. The molecule has 1 aliphatic carbocycles. The van der Waals surface area contributed by atoms with E-state index >= 15 is 0 Å². The number of hydrogen-bond donors (Lipinski definition) is 2. The maximum absolute atomic E-state index is 12.9. The van der Waals surface area contributed by atoms with Gasteiger partial charge in [0.2, 0.25) is 0 Å². The predicted molar refractivity (Wildman–Crippen MR) is 122 cm³/mol. The van der Waals surface area contributed by atoms with E-state index in [4.69, 9.17) is 5.73 Å². The van der Waals surface area contributed by atoms with E-state index in [1.165, 1.54) is 31.2 Å². The fourth-order valence-electron chi connectivity index (χ4n) is 3.48. The van der Waals surface area contributed by atoms with E-state index in [0.717, 1.165) is 5.69 Å². The van der Waals surface area contributed by atoms with Gasteiger partial charge in [0.1, 0.15) is 11.6 Å². The molecule has 0 spiro atoms. The molecule has 7 heteroatoms. The molecule has 6 nitrogen and oxygen atoms in total. The van der Waals surface area contributed by atoms with Crippen LogP contribution >= 0.6 is 11.8 Å². The Morgan fingerprint density at radius 2 is 1.86 bits per heavy atom. The van der Waals surface area contributed by atoms with Crippen molar-refractivity contribution in [3.8, 4) is 0 Å². The second-order valence-electron chi connectivity index (χ2n) is 8.46. The van der Waals surface area contributed by atoms with Gasteiger partial charge in [-0.25, -0.2) is 14.8 Å². The van der Waals surface area contributed by atoms with Crippen LogP contribution in [0.15, 0.2) is 35.5 Å². The third-order valence-corrected chi connectivity index (χ3v) is 6.34. The average Bonchev–Trinajstić information content (AvgIpc) is 3.14. The maximum atomic E-state index is 12.9. The normalized spacial score (nSPS) is 14.8. The van der Waals surface area contributed by atoms with Crippen LogP contribution in [0.4, 0.5) is 22.1 Å². The third-order valence-electron chi connectivity index (χ3n) is 5.14. The number of nitrogen functional groups attached to an aromatic ring is 1. The fraction of sp³-hybridized carbons (Fsp3) is 0.500. The lowest BCUT2D eigenvalue weighted by Crippen LogP contribution is -2.35. The molecule has 0 bridgehead atoms. The van der Waals surface area contributed by atoms with E-state index in [-0.39, 0.29) is 11.4 Å². The Hall–Kier alpha value is -2.28. The molecule has 2 amide bonds. The van der Waals surface area contributed by atoms with Gasteiger partial charge < -0.3 is 5.73 Å². The Labute approximate surface area is 177 Å². The lowest BCUT2D eigenvalue weighted by atomic mass is 9.87. The number of aromatic nitrogens is 2. The molecular weight excluding hydrogens is 382 g/mol. The van der Waals surface area contributed by atoms with Gasteiger partial charge in [-0.1, -0.05) is 57.5 Å². The van der Waals surface area contributed by atoms with Crippen LogP contribution < -0.4 is 16.0 Å². The predicted octanol–water partition coefficient (Wildman–Crippen LogP) is 5.45. The summed E-state index contributed by atoms with van der Waals surface area (Å²) in [7, 11) is 0. The van der Waals surface area contributed by atoms with Crippen molar-refractivity contribution >= 4 is 35.1 Å². The zero-order chi connectivity index (χ0) is 21.0. The summed E-state index contributed by atoms with van der Waals surface area (Å²) in [5, 5.41) is 4.05. The van der Waals surface area contributed by atoms with Crippen LogP contribution in [0.5, 0.6) is 0 Å². The lowest BCUT2D eigenvalue weighted by Gasteiger charge is -2.24. The summed E-state index contributed by atoms with van der Waals surface area (Å²) in [6.45, 7) is 9.02. The Bertz CT molecular complexity index is 841. The number of anilines is 3. The van der Waals surface area contributed by atoms with E-state index in [1.807, 2.05) is 19.1 Å². The van der Waals surface area contributed by atoms with E-state index in [1.54, 1.807) is 22.7 Å². The molecule has 3 N–H and O–H groups in total. The monoisotopic (exact) mass is 413 g/mol. The number of nitrogens with two attached hydrogens (primary N) is 1. The van der Waals surface area contributed by atoms with Crippen molar-refractivity contribution in [2.24, 2.45) is 0 Å². The van der Waals surface area contributed by atoms with Crippen molar-refractivity contribution in [2.75, 3.05) is 22.5 Å². The molecule has 3 rings (SSSR count). The van der Waals surface area contributed by atoms with Crippen molar-refractivity contribution < 1.29 is 4.79 Å². The zero-order valence-electron chi connectivity index (χ0n) is 17.7. The number of amides is 2. The quantitative estimate of drug-likeness (QED) is 0.637. The summed E-state index contributed by atoms with van der Waals surface area (Å²) in [5.74, 6) is 0.807. The Kier molecular flexibility index (Phi) is 6.67. The smallest absolute Gasteiger partial charge is 0.327 e. The van der Waals surface area contributed by atoms with Crippen LogP contribution in [-0.2, 0) is 5.41 Å². The first-order valence-electron chi connectivity index (χ1n) is 10.3. The molecule has 2 aromatic rings. The Morgan fingerprint density at radius 1 is 1.21 bits per heavy atom. The van der Waals surface area contributed by atoms with E-state index < -0.39 is 0 Å². The van der Waals surface area contributed by atoms with Crippen molar-refractivity contribution in [1.82, 2.24) is 9.97 Å². The number of benzene rings is 1. The van der Waals surface area contributed by atoms with Gasteiger partial charge in [-0.15, -0.1) is 0 Å². The molecule has 0 radical (unpaired) electrons. The van der Waals surface area contributed by atoms with Crippen LogP contribution in [0.25, 0.3) is 0 Å². The van der Waals surface area contributed by atoms with Crippen molar-refractivity contribution in [3.63, 3.8) is 0 Å². The number of nitrogens with one attached hydrogen (secondary N) is 1. The highest BCUT2D eigenvalue weighted by atomic mass is 32.2. The standard InChI is InChI=1S/C22H31N5OS/c1-5-27(16-12-10-15(11-13-16)22(2,3)4)21(28)26-19-14-18(23)24-20(25-19)29-17-8-6-7-9-17/h10-14,17H,5-9H2,1-4H3,(H3,23,24,25,26,28). The highest BCUT2D eigenvalue weighted by molar-refractivity contribution is 7.99. The number of rotatable bonds is 5. The van der Waals surface area contributed by atoms with Gasteiger partial charge >= 0.3 is 6.03 Å². The van der Waals surface area contributed by atoms with Gasteiger partial charge in [0, 0.05) is 23.5 Å². The SMILES string of the molecule is CCN(C(=O)Nc1cc(N)nc(SC2CCCC2)n1)c1ccc(C(C)(C)C)cc1. The molecule has 156 valence electrons. The average molecular weight is 414 g/mol. The molecule has 0 saturated heterocycles. The first-order valence-corrected chi connectivity index (χ1v) is 11.1. The number of thioether (sulfide) groups is 1. The number of nitrogens with zero attached hydrogens (tertiary/aromatic N) is 3. The van der Waals surface area contributed by atoms with Crippen LogP contribution in [-0.4, -0.2) is 27.8 Å². The van der Waals surface area contributed by atoms with Gasteiger partial charge in [0.25, 0.3) is 0 Å².